The predicted octanol–water partition coefficient (Wildman–Crippen LogP) is 1.82. The Hall–Kier alpha value is -1.75. The molecule has 1 aliphatic rings. The molecule has 1 unspecified atom stereocenters. The van der Waals surface area contributed by atoms with Crippen LogP contribution in [0.4, 0.5) is 5.69 Å². The van der Waals surface area contributed by atoms with E-state index < -0.39 is 0 Å². The molecule has 0 radical (unpaired) electrons. The molecule has 1 aromatic rings. The van der Waals surface area contributed by atoms with Crippen LogP contribution in [-0.2, 0) is 4.74 Å². The second kappa shape index (κ2) is 6.61. The van der Waals surface area contributed by atoms with Crippen LogP contribution < -0.4 is 15.8 Å². The Labute approximate surface area is 119 Å². The highest BCUT2D eigenvalue weighted by Gasteiger charge is 2.23. The normalized spacial score (nSPS) is 17.5. The van der Waals surface area contributed by atoms with Crippen LogP contribution in [0.15, 0.2) is 18.2 Å². The second-order valence-electron chi connectivity index (χ2n) is 5.17. The van der Waals surface area contributed by atoms with Gasteiger partial charge in [-0.15, -0.1) is 0 Å². The summed E-state index contributed by atoms with van der Waals surface area (Å²) in [7, 11) is 1.55. The third-order valence-corrected chi connectivity index (χ3v) is 3.80. The molecule has 1 atom stereocenters. The number of amides is 1. The molecule has 5 nitrogen and oxygen atoms in total. The van der Waals surface area contributed by atoms with Gasteiger partial charge in [-0.05, 0) is 43.9 Å². The van der Waals surface area contributed by atoms with Crippen LogP contribution in [0, 0.1) is 5.92 Å². The van der Waals surface area contributed by atoms with E-state index in [1.807, 2.05) is 6.92 Å². The van der Waals surface area contributed by atoms with E-state index in [0.29, 0.717) is 22.9 Å². The fourth-order valence-electron chi connectivity index (χ4n) is 2.52. The maximum absolute atomic E-state index is 12.4. The molecular formula is C15H22N2O3. The van der Waals surface area contributed by atoms with Crippen molar-refractivity contribution in [2.45, 2.75) is 25.8 Å². The average Bonchev–Trinajstić information content (AvgIpc) is 2.48. The van der Waals surface area contributed by atoms with Gasteiger partial charge >= 0.3 is 0 Å². The first-order valence-corrected chi connectivity index (χ1v) is 6.94. The second-order valence-corrected chi connectivity index (χ2v) is 5.17. The molecule has 1 heterocycles. The summed E-state index contributed by atoms with van der Waals surface area (Å²) in [6.45, 7) is 3.58. The van der Waals surface area contributed by atoms with Crippen LogP contribution >= 0.6 is 0 Å². The number of hydrogen-bond donors (Lipinski definition) is 2. The summed E-state index contributed by atoms with van der Waals surface area (Å²) >= 11 is 0. The fourth-order valence-corrected chi connectivity index (χ4v) is 2.52. The zero-order chi connectivity index (χ0) is 14.5. The van der Waals surface area contributed by atoms with Crippen molar-refractivity contribution >= 4 is 11.6 Å². The van der Waals surface area contributed by atoms with Crippen molar-refractivity contribution in [1.29, 1.82) is 0 Å². The molecule has 1 aliphatic heterocycles. The molecule has 0 bridgehead atoms. The van der Waals surface area contributed by atoms with Crippen molar-refractivity contribution in [2.24, 2.45) is 5.92 Å². The number of benzene rings is 1. The van der Waals surface area contributed by atoms with E-state index in [-0.39, 0.29) is 11.9 Å². The zero-order valence-corrected chi connectivity index (χ0v) is 12.0. The first-order valence-electron chi connectivity index (χ1n) is 6.94. The van der Waals surface area contributed by atoms with Gasteiger partial charge in [-0.25, -0.2) is 0 Å². The topological polar surface area (TPSA) is 73.6 Å². The van der Waals surface area contributed by atoms with Gasteiger partial charge in [0.25, 0.3) is 5.91 Å². The standard InChI is InChI=1S/C15H22N2O3/c1-10(11-5-7-20-8-6-11)17-15(18)13-9-12(16)3-4-14(13)19-2/h3-4,9-11H,5-8,16H2,1-2H3,(H,17,18). The van der Waals surface area contributed by atoms with Crippen molar-refractivity contribution in [1.82, 2.24) is 5.32 Å². The number of nitrogens with one attached hydrogen (secondary N) is 1. The van der Waals surface area contributed by atoms with Crippen molar-refractivity contribution in [3.8, 4) is 5.75 Å². The minimum atomic E-state index is -0.145. The number of methoxy groups -OCH3 is 1. The summed E-state index contributed by atoms with van der Waals surface area (Å²) in [6, 6.07) is 5.18. The Balaban J connectivity index is 2.05. The van der Waals surface area contributed by atoms with E-state index in [1.165, 1.54) is 0 Å². The van der Waals surface area contributed by atoms with Crippen LogP contribution in [0.2, 0.25) is 0 Å². The van der Waals surface area contributed by atoms with Crippen molar-refractivity contribution in [2.75, 3.05) is 26.1 Å². The summed E-state index contributed by atoms with van der Waals surface area (Å²) in [5.74, 6) is 0.851. The summed E-state index contributed by atoms with van der Waals surface area (Å²) in [5.41, 5.74) is 6.77. The van der Waals surface area contributed by atoms with E-state index in [2.05, 4.69) is 5.32 Å². The van der Waals surface area contributed by atoms with Gasteiger partial charge < -0.3 is 20.5 Å². The SMILES string of the molecule is COc1ccc(N)cc1C(=O)NC(C)C1CCOCC1. The number of carbonyl (C=O) groups is 1. The van der Waals surface area contributed by atoms with E-state index in [1.54, 1.807) is 25.3 Å². The number of nitrogens with two attached hydrogens (primary N) is 1. The van der Waals surface area contributed by atoms with E-state index in [4.69, 9.17) is 15.2 Å². The molecule has 3 N–H and O–H groups in total. The summed E-state index contributed by atoms with van der Waals surface area (Å²) in [6.07, 6.45) is 1.96. The first kappa shape index (κ1) is 14.7. The lowest BCUT2D eigenvalue weighted by Gasteiger charge is -2.28. The quantitative estimate of drug-likeness (QED) is 0.824. The number of carbonyl (C=O) groups excluding carboxylic acids is 1. The number of anilines is 1. The summed E-state index contributed by atoms with van der Waals surface area (Å²) in [4.78, 5) is 12.4. The van der Waals surface area contributed by atoms with E-state index in [0.717, 1.165) is 26.1 Å². The molecule has 2 rings (SSSR count). The van der Waals surface area contributed by atoms with Crippen LogP contribution in [0.1, 0.15) is 30.1 Å². The number of ether oxygens (including phenoxy) is 2. The fraction of sp³-hybridized carbons (Fsp3) is 0.533. The van der Waals surface area contributed by atoms with Gasteiger partial charge in [-0.1, -0.05) is 0 Å². The monoisotopic (exact) mass is 278 g/mol. The Morgan fingerprint density at radius 1 is 1.45 bits per heavy atom. The molecule has 110 valence electrons. The molecule has 1 saturated heterocycles. The molecule has 0 aliphatic carbocycles. The Morgan fingerprint density at radius 3 is 2.80 bits per heavy atom. The van der Waals surface area contributed by atoms with Crippen molar-refractivity contribution < 1.29 is 14.3 Å². The molecule has 0 saturated carbocycles. The minimum absolute atomic E-state index is 0.109. The summed E-state index contributed by atoms with van der Waals surface area (Å²) < 4.78 is 10.6. The zero-order valence-electron chi connectivity index (χ0n) is 12.0. The number of nitrogen functional groups attached to an aromatic ring is 1. The van der Waals surface area contributed by atoms with E-state index in [9.17, 15) is 4.79 Å². The minimum Gasteiger partial charge on any atom is -0.496 e. The maximum atomic E-state index is 12.4. The van der Waals surface area contributed by atoms with Crippen molar-refractivity contribution in [3.05, 3.63) is 23.8 Å². The summed E-state index contributed by atoms with van der Waals surface area (Å²) in [5, 5.41) is 3.04. The number of rotatable bonds is 4. The van der Waals surface area contributed by atoms with Gasteiger partial charge in [-0.2, -0.15) is 0 Å². The maximum Gasteiger partial charge on any atom is 0.255 e. The molecule has 20 heavy (non-hydrogen) atoms. The number of hydrogen-bond acceptors (Lipinski definition) is 4. The molecule has 5 heteroatoms. The van der Waals surface area contributed by atoms with Gasteiger partial charge in [0.05, 0.1) is 12.7 Å². The lowest BCUT2D eigenvalue weighted by atomic mass is 9.92. The van der Waals surface area contributed by atoms with E-state index >= 15 is 0 Å². The highest BCUT2D eigenvalue weighted by molar-refractivity contribution is 5.98. The first-order chi connectivity index (χ1) is 9.61. The lowest BCUT2D eigenvalue weighted by Crippen LogP contribution is -2.40. The van der Waals surface area contributed by atoms with Gasteiger partial charge in [0.2, 0.25) is 0 Å². The van der Waals surface area contributed by atoms with Gasteiger partial charge in [0.1, 0.15) is 5.75 Å². The Kier molecular flexibility index (Phi) is 4.84. The smallest absolute Gasteiger partial charge is 0.255 e. The van der Waals surface area contributed by atoms with Crippen LogP contribution in [-0.4, -0.2) is 32.3 Å². The van der Waals surface area contributed by atoms with Crippen molar-refractivity contribution in [3.63, 3.8) is 0 Å². The van der Waals surface area contributed by atoms with Crippen LogP contribution in [0.5, 0.6) is 5.75 Å². The predicted molar refractivity (Wildman–Crippen MR) is 77.9 cm³/mol. The average molecular weight is 278 g/mol. The third kappa shape index (κ3) is 3.42. The Morgan fingerprint density at radius 2 is 2.15 bits per heavy atom. The van der Waals surface area contributed by atoms with Crippen LogP contribution in [0.3, 0.4) is 0 Å². The molecule has 1 amide bonds. The molecule has 0 aromatic heterocycles. The molecule has 1 aromatic carbocycles. The largest absolute Gasteiger partial charge is 0.496 e. The molecule has 1 fully saturated rings. The third-order valence-electron chi connectivity index (χ3n) is 3.80. The van der Waals surface area contributed by atoms with Gasteiger partial charge in [0, 0.05) is 24.9 Å². The highest BCUT2D eigenvalue weighted by Crippen LogP contribution is 2.23. The molecule has 0 spiro atoms. The highest BCUT2D eigenvalue weighted by atomic mass is 16.5. The van der Waals surface area contributed by atoms with Gasteiger partial charge in [0.15, 0.2) is 0 Å². The van der Waals surface area contributed by atoms with Crippen LogP contribution in [0.25, 0.3) is 0 Å². The lowest BCUT2D eigenvalue weighted by molar-refractivity contribution is 0.0538. The molecular weight excluding hydrogens is 256 g/mol. The van der Waals surface area contributed by atoms with Gasteiger partial charge in [-0.3, -0.25) is 4.79 Å². The Bertz CT molecular complexity index is 470.